The van der Waals surface area contributed by atoms with Crippen LogP contribution in [-0.2, 0) is 16.1 Å². The molecule has 2 aromatic carbocycles. The predicted octanol–water partition coefficient (Wildman–Crippen LogP) is 6.06. The lowest BCUT2D eigenvalue weighted by Gasteiger charge is -2.26. The van der Waals surface area contributed by atoms with Gasteiger partial charge in [0.1, 0.15) is 5.60 Å². The molecule has 1 aliphatic rings. The molecule has 0 atom stereocenters. The fourth-order valence-corrected chi connectivity index (χ4v) is 4.03. The summed E-state index contributed by atoms with van der Waals surface area (Å²) < 4.78 is 7.72. The van der Waals surface area contributed by atoms with Gasteiger partial charge in [-0.05, 0) is 56.2 Å². The number of nitrogens with two attached hydrogens (primary N) is 1. The molecule has 2 heterocycles. The molecule has 0 spiro atoms. The Balaban J connectivity index is 1.94. The number of ether oxygens (including phenoxy) is 1. The van der Waals surface area contributed by atoms with E-state index >= 15 is 0 Å². The molecule has 2 N–H and O–H groups in total. The summed E-state index contributed by atoms with van der Waals surface area (Å²) in [6.45, 7) is 5.97. The number of nitrogens with zero attached hydrogens (tertiary/aromatic N) is 1. The van der Waals surface area contributed by atoms with Crippen molar-refractivity contribution in [2.75, 3.05) is 0 Å². The maximum Gasteiger partial charge on any atom is 0.341 e. The van der Waals surface area contributed by atoms with Crippen molar-refractivity contribution in [1.82, 2.24) is 4.57 Å². The van der Waals surface area contributed by atoms with Crippen LogP contribution in [0.4, 0.5) is 0 Å². The molecule has 154 valence electrons. The highest BCUT2D eigenvalue weighted by Gasteiger charge is 2.31. The number of hydrogen-bond donors (Lipinski definition) is 1. The molecule has 4 nitrogen and oxygen atoms in total. The molecule has 4 rings (SSSR count). The van der Waals surface area contributed by atoms with Crippen molar-refractivity contribution in [2.24, 2.45) is 5.73 Å². The number of rotatable bonds is 2. The van der Waals surface area contributed by atoms with E-state index in [1.807, 2.05) is 69.3 Å². The van der Waals surface area contributed by atoms with Gasteiger partial charge in [-0.2, -0.15) is 0 Å². The molecule has 0 saturated carbocycles. The standard InChI is InChI=1S/C24H22Cl2N2O2/c1-24(2,3)30-23(29)20-15(11-14-7-5-4-6-8-14)13-28-18-10-9-17(25)21(26)16(18)12-19(28)22(20)27/h4-12H,13,27H2,1-3H3/b15-11+. The summed E-state index contributed by atoms with van der Waals surface area (Å²) in [5, 5.41) is 1.74. The van der Waals surface area contributed by atoms with E-state index in [9.17, 15) is 4.79 Å². The van der Waals surface area contributed by atoms with E-state index in [1.165, 1.54) is 0 Å². The number of benzene rings is 2. The Morgan fingerprint density at radius 1 is 1.13 bits per heavy atom. The van der Waals surface area contributed by atoms with Crippen molar-refractivity contribution < 1.29 is 9.53 Å². The van der Waals surface area contributed by atoms with Gasteiger partial charge in [0, 0.05) is 11.9 Å². The first-order valence-electron chi connectivity index (χ1n) is 9.62. The Kier molecular flexibility index (Phi) is 5.16. The molecule has 30 heavy (non-hydrogen) atoms. The Bertz CT molecular complexity index is 1220. The topological polar surface area (TPSA) is 57.2 Å². The van der Waals surface area contributed by atoms with Crippen molar-refractivity contribution in [2.45, 2.75) is 32.9 Å². The molecule has 0 amide bonds. The van der Waals surface area contributed by atoms with E-state index in [0.29, 0.717) is 27.9 Å². The summed E-state index contributed by atoms with van der Waals surface area (Å²) in [6.07, 6.45) is 1.97. The van der Waals surface area contributed by atoms with Crippen LogP contribution in [0.15, 0.2) is 59.7 Å². The van der Waals surface area contributed by atoms with Gasteiger partial charge in [-0.1, -0.05) is 53.5 Å². The van der Waals surface area contributed by atoms with Gasteiger partial charge in [0.2, 0.25) is 0 Å². The third-order valence-electron chi connectivity index (χ3n) is 4.91. The van der Waals surface area contributed by atoms with Gasteiger partial charge < -0.3 is 15.0 Å². The minimum absolute atomic E-state index is 0.362. The molecule has 0 saturated heterocycles. The molecule has 0 fully saturated rings. The van der Waals surface area contributed by atoms with E-state index in [-0.39, 0.29) is 0 Å². The van der Waals surface area contributed by atoms with E-state index in [1.54, 1.807) is 6.07 Å². The number of hydrogen-bond acceptors (Lipinski definition) is 3. The summed E-state index contributed by atoms with van der Waals surface area (Å²) in [6, 6.07) is 15.4. The quantitative estimate of drug-likeness (QED) is 0.492. The average molecular weight is 441 g/mol. The van der Waals surface area contributed by atoms with Gasteiger partial charge in [0.25, 0.3) is 0 Å². The first-order chi connectivity index (χ1) is 14.2. The summed E-state index contributed by atoms with van der Waals surface area (Å²) in [7, 11) is 0. The molecular weight excluding hydrogens is 419 g/mol. The molecule has 0 aliphatic carbocycles. The third-order valence-corrected chi connectivity index (χ3v) is 5.73. The minimum Gasteiger partial charge on any atom is -0.456 e. The normalized spacial score (nSPS) is 15.6. The number of fused-ring (bicyclic) bond motifs is 3. The monoisotopic (exact) mass is 440 g/mol. The van der Waals surface area contributed by atoms with Crippen molar-refractivity contribution in [3.8, 4) is 0 Å². The smallest absolute Gasteiger partial charge is 0.341 e. The summed E-state index contributed by atoms with van der Waals surface area (Å²) in [5.41, 5.74) is 10.0. The molecule has 6 heteroatoms. The van der Waals surface area contributed by atoms with Crippen molar-refractivity contribution in [3.05, 3.63) is 81.0 Å². The van der Waals surface area contributed by atoms with Crippen LogP contribution in [0.1, 0.15) is 32.0 Å². The van der Waals surface area contributed by atoms with Crippen molar-refractivity contribution in [1.29, 1.82) is 0 Å². The summed E-state index contributed by atoms with van der Waals surface area (Å²) in [4.78, 5) is 13.1. The third kappa shape index (κ3) is 3.73. The Morgan fingerprint density at radius 2 is 1.83 bits per heavy atom. The van der Waals surface area contributed by atoms with E-state index in [2.05, 4.69) is 4.57 Å². The van der Waals surface area contributed by atoms with E-state index < -0.39 is 11.6 Å². The highest BCUT2D eigenvalue weighted by atomic mass is 35.5. The Hall–Kier alpha value is -2.69. The van der Waals surface area contributed by atoms with Gasteiger partial charge in [-0.15, -0.1) is 0 Å². The van der Waals surface area contributed by atoms with Crippen LogP contribution in [0, 0.1) is 0 Å². The fourth-order valence-electron chi connectivity index (χ4n) is 3.66. The highest BCUT2D eigenvalue weighted by Crippen LogP contribution is 2.39. The van der Waals surface area contributed by atoms with Crippen molar-refractivity contribution >= 4 is 51.8 Å². The van der Waals surface area contributed by atoms with Gasteiger partial charge in [-0.3, -0.25) is 0 Å². The second-order valence-electron chi connectivity index (χ2n) is 8.28. The fraction of sp³-hybridized carbons (Fsp3) is 0.208. The lowest BCUT2D eigenvalue weighted by molar-refractivity contribution is -0.149. The molecule has 0 radical (unpaired) electrons. The van der Waals surface area contributed by atoms with Crippen LogP contribution >= 0.6 is 23.2 Å². The van der Waals surface area contributed by atoms with Crippen LogP contribution in [0.5, 0.6) is 0 Å². The summed E-state index contributed by atoms with van der Waals surface area (Å²) in [5.74, 6) is -0.442. The maximum atomic E-state index is 13.1. The molecule has 0 bridgehead atoms. The molecule has 0 unspecified atom stereocenters. The largest absolute Gasteiger partial charge is 0.456 e. The number of carbonyl (C=O) groups is 1. The number of carbonyl (C=O) groups excluding carboxylic acids is 1. The SMILES string of the molecule is CC(C)(C)OC(=O)C1=C(N)c2cc3c(Cl)c(Cl)ccc3n2C/C1=C\c1ccccc1. The van der Waals surface area contributed by atoms with Crippen molar-refractivity contribution in [3.63, 3.8) is 0 Å². The van der Waals surface area contributed by atoms with Crippen LogP contribution in [0.2, 0.25) is 10.0 Å². The number of esters is 1. The van der Waals surface area contributed by atoms with Gasteiger partial charge in [-0.25, -0.2) is 4.79 Å². The van der Waals surface area contributed by atoms with Crippen LogP contribution < -0.4 is 5.73 Å². The number of aromatic nitrogens is 1. The Labute approximate surface area is 185 Å². The van der Waals surface area contributed by atoms with Crippen LogP contribution in [0.3, 0.4) is 0 Å². The zero-order chi connectivity index (χ0) is 21.6. The average Bonchev–Trinajstić information content (AvgIpc) is 3.04. The van der Waals surface area contributed by atoms with Gasteiger partial charge in [0.15, 0.2) is 0 Å². The second-order valence-corrected chi connectivity index (χ2v) is 9.07. The Morgan fingerprint density at radius 3 is 2.50 bits per heavy atom. The highest BCUT2D eigenvalue weighted by molar-refractivity contribution is 6.45. The van der Waals surface area contributed by atoms with Crippen LogP contribution in [0.25, 0.3) is 22.7 Å². The maximum absolute atomic E-state index is 13.1. The van der Waals surface area contributed by atoms with Crippen LogP contribution in [-0.4, -0.2) is 16.1 Å². The minimum atomic E-state index is -0.636. The zero-order valence-electron chi connectivity index (χ0n) is 17.0. The van der Waals surface area contributed by atoms with E-state index in [0.717, 1.165) is 27.7 Å². The molecule has 1 aromatic heterocycles. The summed E-state index contributed by atoms with van der Waals surface area (Å²) >= 11 is 12.6. The first-order valence-corrected chi connectivity index (χ1v) is 10.4. The van der Waals surface area contributed by atoms with Gasteiger partial charge >= 0.3 is 5.97 Å². The van der Waals surface area contributed by atoms with E-state index in [4.69, 9.17) is 33.7 Å². The zero-order valence-corrected chi connectivity index (χ0v) is 18.5. The lowest BCUT2D eigenvalue weighted by atomic mass is 9.96. The van der Waals surface area contributed by atoms with Gasteiger partial charge in [0.05, 0.1) is 32.5 Å². The molecular formula is C24H22Cl2N2O2. The predicted molar refractivity (Wildman–Crippen MR) is 123 cm³/mol. The lowest BCUT2D eigenvalue weighted by Crippen LogP contribution is -2.29. The second kappa shape index (κ2) is 7.53. The first kappa shape index (κ1) is 20.6. The molecule has 1 aliphatic heterocycles. The molecule has 3 aromatic rings. The number of halogens is 2.